The minimum Gasteiger partial charge on any atom is -0.494 e. The molecule has 3 N–H and O–H groups in total. The first-order chi connectivity index (χ1) is 9.25. The molecule has 1 atom stereocenters. The van der Waals surface area contributed by atoms with Gasteiger partial charge in [-0.15, -0.1) is 0 Å². The van der Waals surface area contributed by atoms with Crippen molar-refractivity contribution in [3.05, 3.63) is 29.3 Å². The van der Waals surface area contributed by atoms with Gasteiger partial charge < -0.3 is 15.6 Å². The molecule has 4 nitrogen and oxygen atoms in total. The molecule has 0 spiro atoms. The number of hydrogen-bond donors (Lipinski definition) is 2. The van der Waals surface area contributed by atoms with Crippen molar-refractivity contribution in [3.8, 4) is 5.75 Å². The van der Waals surface area contributed by atoms with Crippen molar-refractivity contribution in [1.29, 1.82) is 0 Å². The number of rotatable bonds is 7. The molecule has 112 valence electrons. The van der Waals surface area contributed by atoms with Crippen molar-refractivity contribution in [1.82, 2.24) is 0 Å². The maximum Gasteiger partial charge on any atom is 0.303 e. The smallest absolute Gasteiger partial charge is 0.303 e. The minimum absolute atomic E-state index is 0.108. The molecule has 1 aromatic rings. The highest BCUT2D eigenvalue weighted by molar-refractivity contribution is 5.67. The minimum atomic E-state index is -0.795. The molecular formula is C16H25NO3. The summed E-state index contributed by atoms with van der Waals surface area (Å²) in [6, 6.07) is 5.71. The van der Waals surface area contributed by atoms with Gasteiger partial charge in [-0.05, 0) is 31.7 Å². The van der Waals surface area contributed by atoms with Crippen molar-refractivity contribution >= 4 is 5.97 Å². The highest BCUT2D eigenvalue weighted by Crippen LogP contribution is 2.35. The van der Waals surface area contributed by atoms with Gasteiger partial charge in [-0.25, -0.2) is 0 Å². The molecule has 0 amide bonds. The molecule has 0 heterocycles. The second-order valence-corrected chi connectivity index (χ2v) is 6.02. The number of aryl methyl sites for hydroxylation is 1. The average Bonchev–Trinajstić information content (AvgIpc) is 2.29. The van der Waals surface area contributed by atoms with Crippen LogP contribution in [0.2, 0.25) is 0 Å². The Balaban J connectivity index is 2.93. The molecule has 1 unspecified atom stereocenters. The number of carbonyl (C=O) groups is 1. The Labute approximate surface area is 120 Å². The van der Waals surface area contributed by atoms with Crippen LogP contribution in [-0.2, 0) is 4.79 Å². The molecule has 0 saturated heterocycles. The summed E-state index contributed by atoms with van der Waals surface area (Å²) in [5.41, 5.74) is 8.00. The summed E-state index contributed by atoms with van der Waals surface area (Å²) in [4.78, 5) is 10.9. The number of aliphatic carboxylic acids is 1. The van der Waals surface area contributed by atoms with E-state index in [4.69, 9.17) is 15.6 Å². The van der Waals surface area contributed by atoms with Crippen LogP contribution in [0.25, 0.3) is 0 Å². The molecule has 4 heteroatoms. The first-order valence-electron chi connectivity index (χ1n) is 6.96. The molecule has 0 aliphatic carbocycles. The lowest BCUT2D eigenvalue weighted by Crippen LogP contribution is -2.24. The van der Waals surface area contributed by atoms with E-state index in [0.717, 1.165) is 16.9 Å². The highest BCUT2D eigenvalue weighted by atomic mass is 16.5. The fraction of sp³-hybridized carbons (Fsp3) is 0.562. The second-order valence-electron chi connectivity index (χ2n) is 6.02. The molecule has 0 aliphatic rings. The van der Waals surface area contributed by atoms with Crippen LogP contribution < -0.4 is 10.5 Å². The highest BCUT2D eigenvalue weighted by Gasteiger charge is 2.26. The molecule has 0 bridgehead atoms. The Morgan fingerprint density at radius 2 is 2.10 bits per heavy atom. The van der Waals surface area contributed by atoms with Gasteiger partial charge in [0.2, 0.25) is 0 Å². The third-order valence-electron chi connectivity index (χ3n) is 3.27. The van der Waals surface area contributed by atoms with Gasteiger partial charge in [-0.3, -0.25) is 4.79 Å². The lowest BCUT2D eigenvalue weighted by atomic mass is 9.81. The Hall–Kier alpha value is -1.55. The van der Waals surface area contributed by atoms with Gasteiger partial charge in [0.05, 0.1) is 13.0 Å². The van der Waals surface area contributed by atoms with E-state index in [1.165, 1.54) is 0 Å². The van der Waals surface area contributed by atoms with E-state index in [9.17, 15) is 4.79 Å². The zero-order chi connectivity index (χ0) is 15.3. The molecular weight excluding hydrogens is 254 g/mol. The maximum absolute atomic E-state index is 10.9. The van der Waals surface area contributed by atoms with Gasteiger partial charge in [-0.2, -0.15) is 0 Å². The van der Waals surface area contributed by atoms with Crippen LogP contribution >= 0.6 is 0 Å². The molecule has 0 aromatic heterocycles. The monoisotopic (exact) mass is 279 g/mol. The van der Waals surface area contributed by atoms with Gasteiger partial charge in [0.15, 0.2) is 0 Å². The Morgan fingerprint density at radius 1 is 1.45 bits per heavy atom. The summed E-state index contributed by atoms with van der Waals surface area (Å²) >= 11 is 0. The van der Waals surface area contributed by atoms with Crippen molar-refractivity contribution in [2.24, 2.45) is 11.1 Å². The summed E-state index contributed by atoms with van der Waals surface area (Å²) in [5, 5.41) is 8.95. The SMILES string of the molecule is CCOc1ccc(C)cc1C(N)CC(C)(C)CC(=O)O. The number of carboxylic acid groups (broad SMARTS) is 1. The fourth-order valence-corrected chi connectivity index (χ4v) is 2.43. The number of ether oxygens (including phenoxy) is 1. The number of benzene rings is 1. The lowest BCUT2D eigenvalue weighted by Gasteiger charge is -2.27. The number of hydrogen-bond acceptors (Lipinski definition) is 3. The number of nitrogens with two attached hydrogens (primary N) is 1. The van der Waals surface area contributed by atoms with Gasteiger partial charge in [0.1, 0.15) is 5.75 Å². The van der Waals surface area contributed by atoms with E-state index in [2.05, 4.69) is 0 Å². The third-order valence-corrected chi connectivity index (χ3v) is 3.27. The van der Waals surface area contributed by atoms with Gasteiger partial charge >= 0.3 is 5.97 Å². The summed E-state index contributed by atoms with van der Waals surface area (Å²) < 4.78 is 5.61. The van der Waals surface area contributed by atoms with E-state index in [1.807, 2.05) is 45.9 Å². The summed E-state index contributed by atoms with van der Waals surface area (Å²) in [6.45, 7) is 8.38. The molecule has 0 radical (unpaired) electrons. The maximum atomic E-state index is 10.9. The van der Waals surface area contributed by atoms with Crippen molar-refractivity contribution in [2.75, 3.05) is 6.61 Å². The van der Waals surface area contributed by atoms with Gasteiger partial charge in [0.25, 0.3) is 0 Å². The van der Waals surface area contributed by atoms with E-state index in [-0.39, 0.29) is 17.9 Å². The predicted molar refractivity (Wildman–Crippen MR) is 79.9 cm³/mol. The third kappa shape index (κ3) is 4.85. The van der Waals surface area contributed by atoms with Crippen LogP contribution in [0.15, 0.2) is 18.2 Å². The van der Waals surface area contributed by atoms with Crippen LogP contribution in [0.1, 0.15) is 50.8 Å². The zero-order valence-corrected chi connectivity index (χ0v) is 12.8. The summed E-state index contributed by atoms with van der Waals surface area (Å²) in [5.74, 6) is -0.00630. The quantitative estimate of drug-likeness (QED) is 0.803. The number of carboxylic acids is 1. The van der Waals surface area contributed by atoms with Crippen molar-refractivity contribution in [2.45, 2.75) is 46.6 Å². The first kappa shape index (κ1) is 16.5. The molecule has 0 saturated carbocycles. The normalized spacial score (nSPS) is 13.1. The van der Waals surface area contributed by atoms with Crippen LogP contribution in [0.5, 0.6) is 5.75 Å². The molecule has 1 aromatic carbocycles. The standard InChI is InChI=1S/C16H25NO3/c1-5-20-14-7-6-11(2)8-12(14)13(17)9-16(3,4)10-15(18)19/h6-8,13H,5,9-10,17H2,1-4H3,(H,18,19). The molecule has 0 aliphatic heterocycles. The summed E-state index contributed by atoms with van der Waals surface area (Å²) in [6.07, 6.45) is 0.708. The molecule has 0 fully saturated rings. The zero-order valence-electron chi connectivity index (χ0n) is 12.8. The fourth-order valence-electron chi connectivity index (χ4n) is 2.43. The summed E-state index contributed by atoms with van der Waals surface area (Å²) in [7, 11) is 0. The second kappa shape index (κ2) is 6.75. The predicted octanol–water partition coefficient (Wildman–Crippen LogP) is 3.28. The van der Waals surface area contributed by atoms with Crippen LogP contribution in [0.4, 0.5) is 0 Å². The van der Waals surface area contributed by atoms with Crippen LogP contribution in [-0.4, -0.2) is 17.7 Å². The average molecular weight is 279 g/mol. The van der Waals surface area contributed by atoms with Gasteiger partial charge in [-0.1, -0.05) is 31.5 Å². The Bertz CT molecular complexity index is 469. The van der Waals surface area contributed by atoms with Crippen LogP contribution in [0, 0.1) is 12.3 Å². The van der Waals surface area contributed by atoms with E-state index >= 15 is 0 Å². The van der Waals surface area contributed by atoms with Crippen LogP contribution in [0.3, 0.4) is 0 Å². The van der Waals surface area contributed by atoms with E-state index in [1.54, 1.807) is 0 Å². The Kier molecular flexibility index (Phi) is 5.57. The molecule has 20 heavy (non-hydrogen) atoms. The van der Waals surface area contributed by atoms with Gasteiger partial charge in [0, 0.05) is 11.6 Å². The van der Waals surface area contributed by atoms with Crippen molar-refractivity contribution in [3.63, 3.8) is 0 Å². The Morgan fingerprint density at radius 3 is 2.65 bits per heavy atom. The van der Waals surface area contributed by atoms with Crippen molar-refractivity contribution < 1.29 is 14.6 Å². The largest absolute Gasteiger partial charge is 0.494 e. The molecule has 1 rings (SSSR count). The topological polar surface area (TPSA) is 72.5 Å². The lowest BCUT2D eigenvalue weighted by molar-refractivity contribution is -0.139. The van der Waals surface area contributed by atoms with E-state index in [0.29, 0.717) is 13.0 Å². The first-order valence-corrected chi connectivity index (χ1v) is 6.96. The van der Waals surface area contributed by atoms with E-state index < -0.39 is 5.97 Å².